The van der Waals surface area contributed by atoms with E-state index in [0.29, 0.717) is 11.3 Å². The van der Waals surface area contributed by atoms with Gasteiger partial charge in [0, 0.05) is 37.5 Å². The number of benzene rings is 3. The number of nitrogens with zero attached hydrogens (tertiary/aromatic N) is 1. The number of halogens is 1. The highest BCUT2D eigenvalue weighted by molar-refractivity contribution is 14.1. The van der Waals surface area contributed by atoms with Crippen molar-refractivity contribution in [3.63, 3.8) is 0 Å². The van der Waals surface area contributed by atoms with Crippen LogP contribution in [-0.4, -0.2) is 22.0 Å². The number of rotatable bonds is 7. The smallest absolute Gasteiger partial charge is 0.269 e. The zero-order valence-corrected chi connectivity index (χ0v) is 19.3. The number of hydrogen-bond acceptors (Lipinski definition) is 5. The third-order valence-corrected chi connectivity index (χ3v) is 6.04. The maximum atomic E-state index is 12.5. The number of thioether (sulfide) groups is 1. The lowest BCUT2D eigenvalue weighted by Crippen LogP contribution is -2.22. The van der Waals surface area contributed by atoms with Gasteiger partial charge in [-0.15, -0.1) is 11.8 Å². The first-order chi connectivity index (χ1) is 14.8. The van der Waals surface area contributed by atoms with E-state index >= 15 is 0 Å². The van der Waals surface area contributed by atoms with Crippen LogP contribution in [0.25, 0.3) is 0 Å². The molecule has 0 spiro atoms. The van der Waals surface area contributed by atoms with Crippen LogP contribution in [0, 0.1) is 13.7 Å². The summed E-state index contributed by atoms with van der Waals surface area (Å²) in [6, 6.07) is 20.1. The lowest BCUT2D eigenvalue weighted by atomic mass is 10.2. The van der Waals surface area contributed by atoms with E-state index in [9.17, 15) is 19.7 Å². The van der Waals surface area contributed by atoms with Gasteiger partial charge in [-0.05, 0) is 84.1 Å². The molecule has 2 amide bonds. The van der Waals surface area contributed by atoms with E-state index < -0.39 is 4.92 Å². The summed E-state index contributed by atoms with van der Waals surface area (Å²) >= 11 is 3.58. The van der Waals surface area contributed by atoms with Crippen molar-refractivity contribution < 1.29 is 14.5 Å². The predicted molar refractivity (Wildman–Crippen MR) is 131 cm³/mol. The van der Waals surface area contributed by atoms with Gasteiger partial charge in [-0.2, -0.15) is 0 Å². The molecule has 1 atom stereocenters. The number of nitro groups is 1. The quantitative estimate of drug-likeness (QED) is 0.174. The monoisotopic (exact) mass is 547 g/mol. The Labute approximate surface area is 196 Å². The number of anilines is 2. The van der Waals surface area contributed by atoms with Crippen molar-refractivity contribution in [1.82, 2.24) is 0 Å². The molecular weight excluding hydrogens is 529 g/mol. The molecule has 0 bridgehead atoms. The fourth-order valence-electron chi connectivity index (χ4n) is 2.62. The standard InChI is InChI=1S/C22H18IN3O4S/c1-14(21(27)24-17-9-7-16(23)8-10-17)31-20-4-2-3-18(13-20)25-22(28)15-5-11-19(12-6-15)26(29)30/h2-14H,1H3,(H,24,27)(H,25,28). The van der Waals surface area contributed by atoms with Crippen molar-refractivity contribution in [2.75, 3.05) is 10.6 Å². The molecule has 1 unspecified atom stereocenters. The van der Waals surface area contributed by atoms with Crippen LogP contribution in [0.4, 0.5) is 17.1 Å². The number of carbonyl (C=O) groups is 2. The van der Waals surface area contributed by atoms with Gasteiger partial charge in [0.1, 0.15) is 0 Å². The van der Waals surface area contributed by atoms with Gasteiger partial charge >= 0.3 is 0 Å². The first-order valence-corrected chi connectivity index (χ1v) is 11.2. The normalized spacial score (nSPS) is 11.4. The fraction of sp³-hybridized carbons (Fsp3) is 0.0909. The summed E-state index contributed by atoms with van der Waals surface area (Å²) in [6.45, 7) is 1.81. The summed E-state index contributed by atoms with van der Waals surface area (Å²) in [5.74, 6) is -0.493. The minimum atomic E-state index is -0.516. The molecule has 9 heteroatoms. The van der Waals surface area contributed by atoms with E-state index in [1.807, 2.05) is 37.3 Å². The Morgan fingerprint density at radius 1 is 0.968 bits per heavy atom. The van der Waals surface area contributed by atoms with Crippen molar-refractivity contribution in [2.45, 2.75) is 17.1 Å². The predicted octanol–water partition coefficient (Wildman–Crippen LogP) is 5.57. The molecule has 7 nitrogen and oxygen atoms in total. The molecule has 0 heterocycles. The van der Waals surface area contributed by atoms with Crippen LogP contribution in [0.5, 0.6) is 0 Å². The molecule has 3 rings (SSSR count). The van der Waals surface area contributed by atoms with Crippen molar-refractivity contribution in [2.24, 2.45) is 0 Å². The number of amides is 2. The summed E-state index contributed by atoms with van der Waals surface area (Å²) in [5, 5.41) is 16.0. The summed E-state index contributed by atoms with van der Waals surface area (Å²) in [7, 11) is 0. The molecule has 0 aromatic heterocycles. The van der Waals surface area contributed by atoms with Crippen LogP contribution in [-0.2, 0) is 4.79 Å². The van der Waals surface area contributed by atoms with Gasteiger partial charge < -0.3 is 10.6 Å². The first kappa shape index (κ1) is 22.8. The zero-order chi connectivity index (χ0) is 22.4. The minimum absolute atomic E-state index is 0.0764. The molecule has 3 aromatic rings. The maximum Gasteiger partial charge on any atom is 0.269 e. The van der Waals surface area contributed by atoms with Gasteiger partial charge in [-0.1, -0.05) is 6.07 Å². The van der Waals surface area contributed by atoms with Gasteiger partial charge in [-0.25, -0.2) is 0 Å². The molecule has 0 saturated heterocycles. The molecule has 31 heavy (non-hydrogen) atoms. The third kappa shape index (κ3) is 6.53. The SMILES string of the molecule is CC(Sc1cccc(NC(=O)c2ccc([N+](=O)[O-])cc2)c1)C(=O)Nc1ccc(I)cc1. The van der Waals surface area contributed by atoms with E-state index in [1.54, 1.807) is 18.2 Å². The van der Waals surface area contributed by atoms with Crippen LogP contribution in [0.2, 0.25) is 0 Å². The molecule has 2 N–H and O–H groups in total. The first-order valence-electron chi connectivity index (χ1n) is 9.21. The molecular formula is C22H18IN3O4S. The van der Waals surface area contributed by atoms with Gasteiger partial charge in [0.25, 0.3) is 11.6 Å². The molecule has 3 aromatic carbocycles. The van der Waals surface area contributed by atoms with E-state index in [-0.39, 0.29) is 22.8 Å². The van der Waals surface area contributed by atoms with E-state index in [2.05, 4.69) is 33.2 Å². The van der Waals surface area contributed by atoms with Crippen molar-refractivity contribution in [3.8, 4) is 0 Å². The molecule has 0 aliphatic carbocycles. The molecule has 0 radical (unpaired) electrons. The summed E-state index contributed by atoms with van der Waals surface area (Å²) in [5.41, 5.74) is 1.54. The average Bonchev–Trinajstić information content (AvgIpc) is 2.75. The van der Waals surface area contributed by atoms with Crippen molar-refractivity contribution in [3.05, 3.63) is 92.0 Å². The average molecular weight is 547 g/mol. The van der Waals surface area contributed by atoms with Crippen LogP contribution < -0.4 is 10.6 Å². The molecule has 0 aliphatic rings. The summed E-state index contributed by atoms with van der Waals surface area (Å²) in [4.78, 5) is 35.9. The lowest BCUT2D eigenvalue weighted by molar-refractivity contribution is -0.384. The Bertz CT molecular complexity index is 1100. The fourth-order valence-corrected chi connectivity index (χ4v) is 3.91. The Hall–Kier alpha value is -2.92. The van der Waals surface area contributed by atoms with Gasteiger partial charge in [-0.3, -0.25) is 19.7 Å². The second-order valence-corrected chi connectivity index (χ2v) is 9.20. The van der Waals surface area contributed by atoms with Crippen LogP contribution in [0.1, 0.15) is 17.3 Å². The Morgan fingerprint density at radius 2 is 1.65 bits per heavy atom. The number of hydrogen-bond donors (Lipinski definition) is 2. The van der Waals surface area contributed by atoms with Gasteiger partial charge in [0.05, 0.1) is 10.2 Å². The van der Waals surface area contributed by atoms with Crippen molar-refractivity contribution in [1.29, 1.82) is 0 Å². The maximum absolute atomic E-state index is 12.5. The molecule has 0 saturated carbocycles. The van der Waals surface area contributed by atoms with E-state index in [0.717, 1.165) is 14.2 Å². The number of nitro benzene ring substituents is 1. The largest absolute Gasteiger partial charge is 0.325 e. The molecule has 0 aliphatic heterocycles. The second-order valence-electron chi connectivity index (χ2n) is 6.54. The highest BCUT2D eigenvalue weighted by atomic mass is 127. The van der Waals surface area contributed by atoms with Crippen molar-refractivity contribution >= 4 is 63.2 Å². The Morgan fingerprint density at radius 3 is 2.29 bits per heavy atom. The Kier molecular flexibility index (Phi) is 7.64. The minimum Gasteiger partial charge on any atom is -0.325 e. The lowest BCUT2D eigenvalue weighted by Gasteiger charge is -2.13. The molecule has 158 valence electrons. The van der Waals surface area contributed by atoms with Crippen LogP contribution in [0.15, 0.2) is 77.7 Å². The topological polar surface area (TPSA) is 101 Å². The number of nitrogens with one attached hydrogen (secondary N) is 2. The zero-order valence-electron chi connectivity index (χ0n) is 16.4. The van der Waals surface area contributed by atoms with Gasteiger partial charge in [0.2, 0.25) is 5.91 Å². The number of non-ortho nitro benzene ring substituents is 1. The highest BCUT2D eigenvalue weighted by Gasteiger charge is 2.15. The third-order valence-electron chi connectivity index (χ3n) is 4.23. The van der Waals surface area contributed by atoms with Crippen LogP contribution in [0.3, 0.4) is 0 Å². The highest BCUT2D eigenvalue weighted by Crippen LogP contribution is 2.27. The van der Waals surface area contributed by atoms with E-state index in [1.165, 1.54) is 36.0 Å². The summed E-state index contributed by atoms with van der Waals surface area (Å²) < 4.78 is 1.09. The molecule has 0 fully saturated rings. The summed E-state index contributed by atoms with van der Waals surface area (Å²) in [6.07, 6.45) is 0. The van der Waals surface area contributed by atoms with Gasteiger partial charge in [0.15, 0.2) is 0 Å². The van der Waals surface area contributed by atoms with E-state index in [4.69, 9.17) is 0 Å². The van der Waals surface area contributed by atoms with Crippen LogP contribution >= 0.6 is 34.4 Å². The number of carbonyl (C=O) groups excluding carboxylic acids is 2. The Balaban J connectivity index is 1.61. The second kappa shape index (κ2) is 10.4.